The zero-order chi connectivity index (χ0) is 16.0. The van der Waals surface area contributed by atoms with Crippen molar-refractivity contribution >= 4 is 28.2 Å². The number of hydrogen-bond donors (Lipinski definition) is 1. The van der Waals surface area contributed by atoms with Crippen molar-refractivity contribution in [2.75, 3.05) is 5.73 Å². The molecule has 0 radical (unpaired) electrons. The van der Waals surface area contributed by atoms with Crippen molar-refractivity contribution in [3.05, 3.63) is 34.1 Å². The highest BCUT2D eigenvalue weighted by atomic mass is 19.1. The maximum atomic E-state index is 13.6. The minimum atomic E-state index is -0.746. The molecule has 1 heterocycles. The summed E-state index contributed by atoms with van der Waals surface area (Å²) in [4.78, 5) is 40.4. The van der Waals surface area contributed by atoms with Gasteiger partial charge in [0.25, 0.3) is 5.56 Å². The Kier molecular flexibility index (Phi) is 3.27. The Morgan fingerprint density at radius 3 is 2.73 bits per heavy atom. The van der Waals surface area contributed by atoms with Gasteiger partial charge >= 0.3 is 0 Å². The first kappa shape index (κ1) is 14.4. The minimum absolute atomic E-state index is 0.0321. The number of halogens is 1. The van der Waals surface area contributed by atoms with Gasteiger partial charge < -0.3 is 5.73 Å². The molecular formula is C15H14FN3O3. The second-order valence-corrected chi connectivity index (χ2v) is 5.43. The van der Waals surface area contributed by atoms with Crippen LogP contribution in [0.3, 0.4) is 0 Å². The highest BCUT2D eigenvalue weighted by molar-refractivity contribution is 6.03. The number of nitrogens with zero attached hydrogens (tertiary/aromatic N) is 2. The number of nitrogens with two attached hydrogens (primary N) is 1. The first-order chi connectivity index (χ1) is 10.4. The summed E-state index contributed by atoms with van der Waals surface area (Å²) in [7, 11) is 0. The van der Waals surface area contributed by atoms with Crippen LogP contribution in [0.15, 0.2) is 16.9 Å². The summed E-state index contributed by atoms with van der Waals surface area (Å²) in [5, 5.41) is -0.0321. The van der Waals surface area contributed by atoms with Crippen molar-refractivity contribution < 1.29 is 14.0 Å². The van der Waals surface area contributed by atoms with Crippen LogP contribution in [-0.4, -0.2) is 21.1 Å². The zero-order valence-electron chi connectivity index (χ0n) is 11.9. The molecule has 2 N–H and O–H groups in total. The van der Waals surface area contributed by atoms with Gasteiger partial charge in [-0.15, -0.1) is 0 Å². The second kappa shape index (κ2) is 5.01. The number of carbonyl (C=O) groups excluding carboxylic acids is 2. The Labute approximate surface area is 124 Å². The lowest BCUT2D eigenvalue weighted by atomic mass is 9.92. The molecule has 1 saturated carbocycles. The van der Waals surface area contributed by atoms with Gasteiger partial charge in [0.15, 0.2) is 5.78 Å². The molecule has 1 unspecified atom stereocenters. The zero-order valence-corrected chi connectivity index (χ0v) is 11.9. The van der Waals surface area contributed by atoms with Gasteiger partial charge in [0.05, 0.1) is 29.1 Å². The molecule has 1 aliphatic rings. The lowest BCUT2D eigenvalue weighted by Gasteiger charge is -2.24. The molecule has 1 aromatic carbocycles. The van der Waals surface area contributed by atoms with E-state index in [2.05, 4.69) is 4.98 Å². The van der Waals surface area contributed by atoms with Crippen LogP contribution in [0.2, 0.25) is 0 Å². The normalized spacial score (nSPS) is 18.9. The Bertz CT molecular complexity index is 872. The van der Waals surface area contributed by atoms with Gasteiger partial charge in [0.1, 0.15) is 17.4 Å². The summed E-state index contributed by atoms with van der Waals surface area (Å²) in [6.45, 7) is 1.60. The van der Waals surface area contributed by atoms with Crippen molar-refractivity contribution in [1.82, 2.24) is 9.55 Å². The molecule has 114 valence electrons. The second-order valence-electron chi connectivity index (χ2n) is 5.43. The van der Waals surface area contributed by atoms with Gasteiger partial charge in [0.2, 0.25) is 0 Å². The average molecular weight is 303 g/mol. The number of nitrogen functional groups attached to an aromatic ring is 1. The highest BCUT2D eigenvalue weighted by Gasteiger charge is 2.31. The van der Waals surface area contributed by atoms with Gasteiger partial charge in [0, 0.05) is 6.42 Å². The van der Waals surface area contributed by atoms with E-state index in [-0.39, 0.29) is 47.4 Å². The number of fused-ring (bicyclic) bond motifs is 1. The van der Waals surface area contributed by atoms with Gasteiger partial charge in [-0.2, -0.15) is 0 Å². The monoisotopic (exact) mass is 303 g/mol. The van der Waals surface area contributed by atoms with E-state index < -0.39 is 17.4 Å². The Hall–Kier alpha value is -2.57. The van der Waals surface area contributed by atoms with E-state index in [9.17, 15) is 18.8 Å². The van der Waals surface area contributed by atoms with Crippen molar-refractivity contribution in [2.45, 2.75) is 32.2 Å². The summed E-state index contributed by atoms with van der Waals surface area (Å²) >= 11 is 0. The third-order valence-electron chi connectivity index (χ3n) is 3.99. The quantitative estimate of drug-likeness (QED) is 0.632. The topological polar surface area (TPSA) is 95.0 Å². The predicted molar refractivity (Wildman–Crippen MR) is 78.0 cm³/mol. The number of benzene rings is 1. The maximum Gasteiger partial charge on any atom is 0.264 e. The average Bonchev–Trinajstić information content (AvgIpc) is 2.45. The number of aromatic nitrogens is 2. The van der Waals surface area contributed by atoms with E-state index in [1.165, 1.54) is 10.6 Å². The molecule has 2 aromatic rings. The molecule has 1 aromatic heterocycles. The largest absolute Gasteiger partial charge is 0.396 e. The fraction of sp³-hybridized carbons (Fsp3) is 0.333. The Morgan fingerprint density at radius 1 is 1.32 bits per heavy atom. The number of anilines is 1. The lowest BCUT2D eigenvalue weighted by molar-refractivity contribution is -0.132. The Morgan fingerprint density at radius 2 is 2.05 bits per heavy atom. The first-order valence-electron chi connectivity index (χ1n) is 6.91. The molecule has 0 spiro atoms. The van der Waals surface area contributed by atoms with Crippen molar-refractivity contribution in [2.24, 2.45) is 0 Å². The standard InChI is InChI=1S/C15H14FN3O3/c1-7-18-10-4-3-9(16)14(17)13(10)15(22)19(7)11-5-2-8(20)6-12(11)21/h3-4,11H,2,5-6,17H2,1H3. The summed E-state index contributed by atoms with van der Waals surface area (Å²) in [6.07, 6.45) is 0.299. The molecule has 1 atom stereocenters. The number of ketones is 2. The van der Waals surface area contributed by atoms with Gasteiger partial charge in [-0.3, -0.25) is 19.0 Å². The smallest absolute Gasteiger partial charge is 0.264 e. The molecule has 7 heteroatoms. The number of aryl methyl sites for hydroxylation is 1. The fourth-order valence-electron chi connectivity index (χ4n) is 2.90. The van der Waals surface area contributed by atoms with Crippen LogP contribution in [-0.2, 0) is 9.59 Å². The number of rotatable bonds is 1. The third kappa shape index (κ3) is 2.09. The molecule has 1 fully saturated rings. The van der Waals surface area contributed by atoms with Gasteiger partial charge in [-0.05, 0) is 25.5 Å². The van der Waals surface area contributed by atoms with Crippen LogP contribution >= 0.6 is 0 Å². The summed E-state index contributed by atoms with van der Waals surface area (Å²) in [5.41, 5.74) is 5.12. The molecular weight excluding hydrogens is 289 g/mol. The SMILES string of the molecule is Cc1nc2ccc(F)c(N)c2c(=O)n1C1CCC(=O)CC1=O. The molecule has 0 amide bonds. The van der Waals surface area contributed by atoms with Crippen LogP contribution in [0.4, 0.5) is 10.1 Å². The molecule has 6 nitrogen and oxygen atoms in total. The van der Waals surface area contributed by atoms with Gasteiger partial charge in [-0.25, -0.2) is 9.37 Å². The minimum Gasteiger partial charge on any atom is -0.396 e. The van der Waals surface area contributed by atoms with Crippen molar-refractivity contribution in [3.8, 4) is 0 Å². The van der Waals surface area contributed by atoms with E-state index in [4.69, 9.17) is 5.73 Å². The summed E-state index contributed by atoms with van der Waals surface area (Å²) in [6, 6.07) is 1.79. The van der Waals surface area contributed by atoms with Crippen LogP contribution < -0.4 is 11.3 Å². The van der Waals surface area contributed by atoms with Crippen LogP contribution in [0.5, 0.6) is 0 Å². The molecule has 3 rings (SSSR count). The molecule has 0 bridgehead atoms. The van der Waals surface area contributed by atoms with E-state index in [1.807, 2.05) is 0 Å². The van der Waals surface area contributed by atoms with Crippen molar-refractivity contribution in [1.29, 1.82) is 0 Å². The fourth-order valence-corrected chi connectivity index (χ4v) is 2.90. The van der Waals surface area contributed by atoms with Crippen molar-refractivity contribution in [3.63, 3.8) is 0 Å². The van der Waals surface area contributed by atoms with Crippen LogP contribution in [0, 0.1) is 12.7 Å². The number of hydrogen-bond acceptors (Lipinski definition) is 5. The molecule has 22 heavy (non-hydrogen) atoms. The van der Waals surface area contributed by atoms with Gasteiger partial charge in [-0.1, -0.05) is 0 Å². The summed E-state index contributed by atoms with van der Waals surface area (Å²) < 4.78 is 14.8. The van der Waals surface area contributed by atoms with E-state index in [0.29, 0.717) is 5.82 Å². The number of Topliss-reactive ketones (excluding diaryl/α,β-unsaturated/α-hetero) is 2. The molecule has 0 saturated heterocycles. The maximum absolute atomic E-state index is 13.6. The molecule has 0 aliphatic heterocycles. The van der Waals surface area contributed by atoms with E-state index in [0.717, 1.165) is 6.07 Å². The predicted octanol–water partition coefficient (Wildman–Crippen LogP) is 1.29. The third-order valence-corrected chi connectivity index (χ3v) is 3.99. The number of carbonyl (C=O) groups is 2. The lowest BCUT2D eigenvalue weighted by Crippen LogP contribution is -2.36. The summed E-state index contributed by atoms with van der Waals surface area (Å²) in [5.74, 6) is -0.813. The van der Waals surface area contributed by atoms with Crippen LogP contribution in [0.25, 0.3) is 10.9 Å². The van der Waals surface area contributed by atoms with E-state index in [1.54, 1.807) is 6.92 Å². The Balaban J connectivity index is 2.26. The first-order valence-corrected chi connectivity index (χ1v) is 6.91. The van der Waals surface area contributed by atoms with E-state index >= 15 is 0 Å². The molecule has 1 aliphatic carbocycles. The van der Waals surface area contributed by atoms with Crippen LogP contribution in [0.1, 0.15) is 31.1 Å². The highest BCUT2D eigenvalue weighted by Crippen LogP contribution is 2.25.